The maximum atomic E-state index is 13.3. The number of ketones is 1. The van der Waals surface area contributed by atoms with Crippen LogP contribution < -0.4 is 9.47 Å². The molecule has 1 atom stereocenters. The SMILES string of the molecule is CCCCOc1cccc(C(O)=C2C(=O)C(=O)N(Cc3cccnc3)C2c2ccc(O)c(OC)c2)c1. The van der Waals surface area contributed by atoms with E-state index in [2.05, 4.69) is 11.9 Å². The zero-order chi connectivity index (χ0) is 25.7. The van der Waals surface area contributed by atoms with Gasteiger partial charge in [-0.25, -0.2) is 0 Å². The molecule has 8 heteroatoms. The van der Waals surface area contributed by atoms with E-state index in [1.54, 1.807) is 60.9 Å². The van der Waals surface area contributed by atoms with Crippen LogP contribution in [-0.4, -0.2) is 45.5 Å². The molecule has 1 aliphatic rings. The molecule has 0 bridgehead atoms. The highest BCUT2D eigenvalue weighted by Gasteiger charge is 2.46. The van der Waals surface area contributed by atoms with E-state index in [4.69, 9.17) is 9.47 Å². The highest BCUT2D eigenvalue weighted by atomic mass is 16.5. The maximum absolute atomic E-state index is 13.3. The largest absolute Gasteiger partial charge is 0.507 e. The Bertz CT molecular complexity index is 1290. The van der Waals surface area contributed by atoms with Gasteiger partial charge in [0.25, 0.3) is 11.7 Å². The number of methoxy groups -OCH3 is 1. The average molecular weight is 489 g/mol. The Morgan fingerprint density at radius 3 is 2.67 bits per heavy atom. The fraction of sp³-hybridized carbons (Fsp3) is 0.250. The first-order chi connectivity index (χ1) is 17.4. The van der Waals surface area contributed by atoms with Gasteiger partial charge in [-0.1, -0.05) is 37.6 Å². The molecule has 0 radical (unpaired) electrons. The molecule has 0 spiro atoms. The molecular formula is C28H28N2O6. The number of pyridine rings is 1. The standard InChI is InChI=1S/C28H28N2O6/c1-3-4-13-36-21-9-5-8-20(14-21)26(32)24-25(19-10-11-22(31)23(15-19)35-2)30(28(34)27(24)33)17-18-7-6-12-29-16-18/h5-12,14-16,25,31-32H,3-4,13,17H2,1-2H3. The summed E-state index contributed by atoms with van der Waals surface area (Å²) in [5.74, 6) is -1.19. The van der Waals surface area contributed by atoms with Crippen LogP contribution in [0.2, 0.25) is 0 Å². The fourth-order valence-corrected chi connectivity index (χ4v) is 4.17. The Hall–Kier alpha value is -4.33. The summed E-state index contributed by atoms with van der Waals surface area (Å²) >= 11 is 0. The Morgan fingerprint density at radius 1 is 1.11 bits per heavy atom. The Balaban J connectivity index is 1.82. The van der Waals surface area contributed by atoms with Gasteiger partial charge in [-0.05, 0) is 47.9 Å². The molecule has 1 fully saturated rings. The fourth-order valence-electron chi connectivity index (χ4n) is 4.17. The van der Waals surface area contributed by atoms with Crippen LogP contribution in [-0.2, 0) is 16.1 Å². The van der Waals surface area contributed by atoms with Crippen LogP contribution >= 0.6 is 0 Å². The van der Waals surface area contributed by atoms with Gasteiger partial charge < -0.3 is 24.6 Å². The van der Waals surface area contributed by atoms with E-state index < -0.39 is 17.7 Å². The summed E-state index contributed by atoms with van der Waals surface area (Å²) in [5.41, 5.74) is 1.53. The van der Waals surface area contributed by atoms with E-state index in [0.717, 1.165) is 18.4 Å². The molecule has 36 heavy (non-hydrogen) atoms. The first kappa shape index (κ1) is 24.8. The van der Waals surface area contributed by atoms with Gasteiger partial charge >= 0.3 is 0 Å². The number of hydrogen-bond acceptors (Lipinski definition) is 7. The van der Waals surface area contributed by atoms with Crippen molar-refractivity contribution in [3.63, 3.8) is 0 Å². The zero-order valence-corrected chi connectivity index (χ0v) is 20.2. The lowest BCUT2D eigenvalue weighted by molar-refractivity contribution is -0.140. The number of likely N-dealkylation sites (tertiary alicyclic amines) is 1. The van der Waals surface area contributed by atoms with Gasteiger partial charge in [-0.2, -0.15) is 0 Å². The number of amides is 1. The molecule has 1 aromatic heterocycles. The number of carbonyl (C=O) groups excluding carboxylic acids is 2. The van der Waals surface area contributed by atoms with Crippen molar-refractivity contribution in [3.05, 3.63) is 89.3 Å². The first-order valence-corrected chi connectivity index (χ1v) is 11.7. The molecule has 2 aromatic carbocycles. The minimum Gasteiger partial charge on any atom is -0.507 e. The molecule has 1 aliphatic heterocycles. The number of aromatic nitrogens is 1. The summed E-state index contributed by atoms with van der Waals surface area (Å²) in [5, 5.41) is 21.4. The third kappa shape index (κ3) is 5.02. The summed E-state index contributed by atoms with van der Waals surface area (Å²) in [4.78, 5) is 32.0. The second-order valence-corrected chi connectivity index (χ2v) is 8.45. The molecule has 3 aromatic rings. The summed E-state index contributed by atoms with van der Waals surface area (Å²) in [6, 6.07) is 14.0. The lowest BCUT2D eigenvalue weighted by atomic mass is 9.94. The molecule has 0 aliphatic carbocycles. The minimum atomic E-state index is -0.913. The predicted molar refractivity (Wildman–Crippen MR) is 134 cm³/mol. The van der Waals surface area contributed by atoms with Crippen molar-refractivity contribution in [3.8, 4) is 17.2 Å². The van der Waals surface area contributed by atoms with Crippen molar-refractivity contribution in [1.29, 1.82) is 0 Å². The van der Waals surface area contributed by atoms with Crippen molar-refractivity contribution in [2.75, 3.05) is 13.7 Å². The van der Waals surface area contributed by atoms with Crippen LogP contribution in [0.1, 0.15) is 42.5 Å². The van der Waals surface area contributed by atoms with Crippen molar-refractivity contribution in [1.82, 2.24) is 9.88 Å². The summed E-state index contributed by atoms with van der Waals surface area (Å²) in [6.07, 6.45) is 5.11. The van der Waals surface area contributed by atoms with Crippen molar-refractivity contribution >= 4 is 17.4 Å². The van der Waals surface area contributed by atoms with Crippen molar-refractivity contribution < 1.29 is 29.3 Å². The van der Waals surface area contributed by atoms with E-state index in [1.807, 2.05) is 0 Å². The normalized spacial score (nSPS) is 16.8. The number of hydrogen-bond donors (Lipinski definition) is 2. The number of aromatic hydroxyl groups is 1. The third-order valence-corrected chi connectivity index (χ3v) is 6.01. The highest BCUT2D eigenvalue weighted by molar-refractivity contribution is 6.46. The van der Waals surface area contributed by atoms with E-state index in [9.17, 15) is 19.8 Å². The van der Waals surface area contributed by atoms with Gasteiger partial charge in [0.05, 0.1) is 25.3 Å². The van der Waals surface area contributed by atoms with Crippen LogP contribution in [0.15, 0.2) is 72.6 Å². The van der Waals surface area contributed by atoms with Crippen LogP contribution in [0.5, 0.6) is 17.2 Å². The van der Waals surface area contributed by atoms with Crippen LogP contribution in [0, 0.1) is 0 Å². The topological polar surface area (TPSA) is 109 Å². The predicted octanol–water partition coefficient (Wildman–Crippen LogP) is 4.60. The molecule has 1 unspecified atom stereocenters. The molecule has 0 saturated carbocycles. The number of phenolic OH excluding ortho intramolecular Hbond substituents is 1. The van der Waals surface area contributed by atoms with Gasteiger partial charge in [0.2, 0.25) is 0 Å². The number of phenols is 1. The van der Waals surface area contributed by atoms with E-state index in [-0.39, 0.29) is 29.4 Å². The van der Waals surface area contributed by atoms with Gasteiger partial charge in [-0.15, -0.1) is 0 Å². The molecule has 4 rings (SSSR count). The lowest BCUT2D eigenvalue weighted by Gasteiger charge is -2.25. The maximum Gasteiger partial charge on any atom is 0.295 e. The Labute approximate surface area is 209 Å². The van der Waals surface area contributed by atoms with E-state index in [0.29, 0.717) is 23.5 Å². The quantitative estimate of drug-likeness (QED) is 0.196. The van der Waals surface area contributed by atoms with E-state index in [1.165, 1.54) is 18.1 Å². The number of aliphatic hydroxyl groups is 1. The molecule has 186 valence electrons. The molecule has 8 nitrogen and oxygen atoms in total. The van der Waals surface area contributed by atoms with Crippen LogP contribution in [0.3, 0.4) is 0 Å². The van der Waals surface area contributed by atoms with E-state index >= 15 is 0 Å². The number of unbranched alkanes of at least 4 members (excludes halogenated alkanes) is 1. The molecule has 1 amide bonds. The van der Waals surface area contributed by atoms with Gasteiger partial charge in [0, 0.05) is 24.5 Å². The number of rotatable bonds is 9. The number of benzene rings is 2. The first-order valence-electron chi connectivity index (χ1n) is 11.7. The Morgan fingerprint density at radius 2 is 1.94 bits per heavy atom. The average Bonchev–Trinajstić information content (AvgIpc) is 3.14. The summed E-state index contributed by atoms with van der Waals surface area (Å²) in [7, 11) is 1.41. The summed E-state index contributed by atoms with van der Waals surface area (Å²) < 4.78 is 11.0. The third-order valence-electron chi connectivity index (χ3n) is 6.01. The number of nitrogens with zero attached hydrogens (tertiary/aromatic N) is 2. The van der Waals surface area contributed by atoms with Crippen LogP contribution in [0.4, 0.5) is 0 Å². The van der Waals surface area contributed by atoms with Crippen molar-refractivity contribution in [2.24, 2.45) is 0 Å². The second-order valence-electron chi connectivity index (χ2n) is 8.45. The second kappa shape index (κ2) is 10.9. The smallest absolute Gasteiger partial charge is 0.295 e. The summed E-state index contributed by atoms with van der Waals surface area (Å²) in [6.45, 7) is 2.70. The molecule has 1 saturated heterocycles. The number of aliphatic hydroxyl groups excluding tert-OH is 1. The zero-order valence-electron chi connectivity index (χ0n) is 20.2. The number of Topliss-reactive ketones (excluding diaryl/α,β-unsaturated/α-hetero) is 1. The minimum absolute atomic E-state index is 0.0534. The lowest BCUT2D eigenvalue weighted by Crippen LogP contribution is -2.29. The number of ether oxygens (including phenoxy) is 2. The molecule has 2 N–H and O–H groups in total. The molecular weight excluding hydrogens is 460 g/mol. The molecule has 2 heterocycles. The highest BCUT2D eigenvalue weighted by Crippen LogP contribution is 2.42. The van der Waals surface area contributed by atoms with Gasteiger partial charge in [-0.3, -0.25) is 14.6 Å². The van der Waals surface area contributed by atoms with Gasteiger partial charge in [0.15, 0.2) is 11.5 Å². The van der Waals surface area contributed by atoms with Gasteiger partial charge in [0.1, 0.15) is 11.5 Å². The number of carbonyl (C=O) groups is 2. The Kier molecular flexibility index (Phi) is 7.53. The van der Waals surface area contributed by atoms with Crippen molar-refractivity contribution in [2.45, 2.75) is 32.4 Å². The monoisotopic (exact) mass is 488 g/mol. The van der Waals surface area contributed by atoms with Crippen LogP contribution in [0.25, 0.3) is 5.76 Å².